The fourth-order valence-corrected chi connectivity index (χ4v) is 4.23. The van der Waals surface area contributed by atoms with E-state index in [1.807, 2.05) is 34.1 Å². The van der Waals surface area contributed by atoms with Gasteiger partial charge in [0.25, 0.3) is 0 Å². The van der Waals surface area contributed by atoms with Gasteiger partial charge in [-0.1, -0.05) is 24.3 Å². The van der Waals surface area contributed by atoms with Gasteiger partial charge in [-0.25, -0.2) is 0 Å². The van der Waals surface area contributed by atoms with E-state index >= 15 is 0 Å². The van der Waals surface area contributed by atoms with Crippen LogP contribution in [0.2, 0.25) is 0 Å². The maximum Gasteiger partial charge on any atom is 0.227 e. The average molecular weight is 435 g/mol. The Morgan fingerprint density at radius 3 is 1.31 bits per heavy atom. The van der Waals surface area contributed by atoms with E-state index in [0.717, 1.165) is 89.4 Å². The van der Waals surface area contributed by atoms with Crippen LogP contribution in [0.25, 0.3) is 0 Å². The molecule has 32 heavy (non-hydrogen) atoms. The number of hydrogen-bond donors (Lipinski definition) is 0. The minimum Gasteiger partial charge on any atom is -0.340 e. The van der Waals surface area contributed by atoms with Crippen LogP contribution >= 0.6 is 0 Å². The minimum absolute atomic E-state index is 0.160. The first kappa shape index (κ1) is 23.9. The van der Waals surface area contributed by atoms with Crippen molar-refractivity contribution in [3.05, 3.63) is 35.4 Å². The fraction of sp³-hybridized carbons (Fsp3) is 0.538. The second-order valence-electron chi connectivity index (χ2n) is 8.52. The molecule has 0 aliphatic carbocycles. The number of amides is 2. The summed E-state index contributed by atoms with van der Waals surface area (Å²) in [6, 6.07) is 7.89. The van der Waals surface area contributed by atoms with E-state index in [4.69, 9.17) is 12.8 Å². The molecule has 2 amide bonds. The summed E-state index contributed by atoms with van der Waals surface area (Å²) in [4.78, 5) is 33.8. The van der Waals surface area contributed by atoms with Crippen LogP contribution in [0.1, 0.15) is 24.0 Å². The Labute approximate surface area is 192 Å². The maximum absolute atomic E-state index is 12.6. The highest BCUT2D eigenvalue weighted by Crippen LogP contribution is 2.12. The van der Waals surface area contributed by atoms with Gasteiger partial charge < -0.3 is 9.80 Å². The van der Waals surface area contributed by atoms with Gasteiger partial charge in [0, 0.05) is 78.3 Å². The van der Waals surface area contributed by atoms with Crippen molar-refractivity contribution in [1.29, 1.82) is 0 Å². The van der Waals surface area contributed by atoms with E-state index in [2.05, 4.69) is 21.6 Å². The highest BCUT2D eigenvalue weighted by Gasteiger charge is 2.22. The Bertz CT molecular complexity index is 765. The Hall–Kier alpha value is -2.80. The van der Waals surface area contributed by atoms with Crippen LogP contribution in [0.4, 0.5) is 0 Å². The molecule has 0 saturated carbocycles. The van der Waals surface area contributed by atoms with Crippen molar-refractivity contribution >= 4 is 11.8 Å². The molecule has 2 aliphatic heterocycles. The molecule has 0 aromatic heterocycles. The van der Waals surface area contributed by atoms with Gasteiger partial charge in [-0.05, 0) is 11.1 Å². The third-order valence-corrected chi connectivity index (χ3v) is 6.33. The van der Waals surface area contributed by atoms with Gasteiger partial charge in [0.15, 0.2) is 0 Å². The average Bonchev–Trinajstić information content (AvgIpc) is 2.83. The zero-order valence-corrected chi connectivity index (χ0v) is 19.0. The predicted molar refractivity (Wildman–Crippen MR) is 127 cm³/mol. The van der Waals surface area contributed by atoms with E-state index in [-0.39, 0.29) is 11.8 Å². The lowest BCUT2D eigenvalue weighted by Gasteiger charge is -2.34. The van der Waals surface area contributed by atoms with Crippen molar-refractivity contribution in [3.63, 3.8) is 0 Å². The monoisotopic (exact) mass is 434 g/mol. The summed E-state index contributed by atoms with van der Waals surface area (Å²) in [6.45, 7) is 8.36. The van der Waals surface area contributed by atoms with Gasteiger partial charge in [0.2, 0.25) is 11.8 Å². The fourth-order valence-electron chi connectivity index (χ4n) is 4.23. The van der Waals surface area contributed by atoms with E-state index in [0.29, 0.717) is 12.8 Å². The summed E-state index contributed by atoms with van der Waals surface area (Å²) in [5.74, 6) is 5.66. The molecular formula is C26H34N4O2. The SMILES string of the molecule is C#CCCN1CCN(C(=O)Cc2ccc(CC(=O)N3CCN(CCC#C)CC3)cc2)CC1. The van der Waals surface area contributed by atoms with Gasteiger partial charge >= 0.3 is 0 Å². The summed E-state index contributed by atoms with van der Waals surface area (Å²) in [5, 5.41) is 0. The number of benzene rings is 1. The van der Waals surface area contributed by atoms with E-state index in [1.54, 1.807) is 0 Å². The standard InChI is InChI=1S/C26H34N4O2/c1-3-5-11-27-13-17-29(18-14-27)25(31)21-23-7-9-24(10-8-23)22-26(32)30-19-15-28(16-20-30)12-6-4-2/h1-2,7-10H,5-6,11-22H2. The molecule has 3 rings (SSSR count). The Kier molecular flexibility index (Phi) is 9.16. The lowest BCUT2D eigenvalue weighted by atomic mass is 10.1. The van der Waals surface area contributed by atoms with Gasteiger partial charge in [0.05, 0.1) is 12.8 Å². The number of terminal acetylenes is 2. The molecule has 0 unspecified atom stereocenters. The number of piperazine rings is 2. The van der Waals surface area contributed by atoms with Crippen molar-refractivity contribution in [3.8, 4) is 24.7 Å². The Balaban J connectivity index is 1.40. The number of carbonyl (C=O) groups excluding carboxylic acids is 2. The molecule has 2 aliphatic rings. The molecule has 6 heteroatoms. The van der Waals surface area contributed by atoms with Crippen LogP contribution in [0.5, 0.6) is 0 Å². The normalized spacial score (nSPS) is 17.6. The molecule has 1 aromatic carbocycles. The highest BCUT2D eigenvalue weighted by molar-refractivity contribution is 5.80. The van der Waals surface area contributed by atoms with Gasteiger partial charge in [-0.3, -0.25) is 19.4 Å². The Morgan fingerprint density at radius 1 is 0.656 bits per heavy atom. The first-order valence-electron chi connectivity index (χ1n) is 11.5. The van der Waals surface area contributed by atoms with E-state index in [9.17, 15) is 9.59 Å². The first-order valence-corrected chi connectivity index (χ1v) is 11.5. The predicted octanol–water partition coefficient (Wildman–Crippen LogP) is 1.11. The van der Waals surface area contributed by atoms with Crippen molar-refractivity contribution in [1.82, 2.24) is 19.6 Å². The number of hydrogen-bond acceptors (Lipinski definition) is 4. The third kappa shape index (κ3) is 7.12. The molecule has 6 nitrogen and oxygen atoms in total. The van der Waals surface area contributed by atoms with Crippen molar-refractivity contribution in [2.24, 2.45) is 0 Å². The minimum atomic E-state index is 0.160. The van der Waals surface area contributed by atoms with Gasteiger partial charge in [-0.15, -0.1) is 24.7 Å². The zero-order valence-electron chi connectivity index (χ0n) is 19.0. The summed E-state index contributed by atoms with van der Waals surface area (Å²) in [6.07, 6.45) is 13.0. The van der Waals surface area contributed by atoms with Crippen LogP contribution < -0.4 is 0 Å². The Morgan fingerprint density at radius 2 is 1.00 bits per heavy atom. The number of nitrogens with zero attached hydrogens (tertiary/aromatic N) is 4. The topological polar surface area (TPSA) is 47.1 Å². The zero-order chi connectivity index (χ0) is 22.8. The molecular weight excluding hydrogens is 400 g/mol. The third-order valence-electron chi connectivity index (χ3n) is 6.33. The van der Waals surface area contributed by atoms with Crippen molar-refractivity contribution in [2.45, 2.75) is 25.7 Å². The first-order chi connectivity index (χ1) is 15.6. The molecule has 0 N–H and O–H groups in total. The molecule has 0 bridgehead atoms. The summed E-state index contributed by atoms with van der Waals surface area (Å²) in [7, 11) is 0. The van der Waals surface area contributed by atoms with Crippen molar-refractivity contribution in [2.75, 3.05) is 65.4 Å². The maximum atomic E-state index is 12.6. The van der Waals surface area contributed by atoms with Crippen LogP contribution in [0.15, 0.2) is 24.3 Å². The van der Waals surface area contributed by atoms with E-state index in [1.165, 1.54) is 0 Å². The molecule has 2 heterocycles. The molecule has 2 fully saturated rings. The molecule has 2 saturated heterocycles. The summed E-state index contributed by atoms with van der Waals surface area (Å²) >= 11 is 0. The van der Waals surface area contributed by atoms with E-state index < -0.39 is 0 Å². The van der Waals surface area contributed by atoms with Crippen LogP contribution in [-0.2, 0) is 22.4 Å². The second-order valence-corrected chi connectivity index (χ2v) is 8.52. The molecule has 0 radical (unpaired) electrons. The summed E-state index contributed by atoms with van der Waals surface area (Å²) < 4.78 is 0. The van der Waals surface area contributed by atoms with Gasteiger partial charge in [-0.2, -0.15) is 0 Å². The van der Waals surface area contributed by atoms with Crippen LogP contribution in [0.3, 0.4) is 0 Å². The molecule has 0 spiro atoms. The molecule has 0 atom stereocenters. The molecule has 170 valence electrons. The van der Waals surface area contributed by atoms with Crippen LogP contribution in [0, 0.1) is 24.7 Å². The largest absolute Gasteiger partial charge is 0.340 e. The lowest BCUT2D eigenvalue weighted by molar-refractivity contribution is -0.133. The summed E-state index contributed by atoms with van der Waals surface area (Å²) in [5.41, 5.74) is 1.98. The van der Waals surface area contributed by atoms with Crippen LogP contribution in [-0.4, -0.2) is 96.9 Å². The number of carbonyl (C=O) groups is 2. The quantitative estimate of drug-likeness (QED) is 0.575. The highest BCUT2D eigenvalue weighted by atomic mass is 16.2. The number of rotatable bonds is 8. The smallest absolute Gasteiger partial charge is 0.227 e. The van der Waals surface area contributed by atoms with Gasteiger partial charge in [0.1, 0.15) is 0 Å². The second kappa shape index (κ2) is 12.3. The van der Waals surface area contributed by atoms with Crippen molar-refractivity contribution < 1.29 is 9.59 Å². The molecule has 1 aromatic rings. The lowest BCUT2D eigenvalue weighted by Crippen LogP contribution is -2.49.